The molecule has 0 aromatic rings. The molecule has 4 nitrogen and oxygen atoms in total. The van der Waals surface area contributed by atoms with Gasteiger partial charge in [-0.05, 0) is 32.6 Å². The molecule has 1 heterocycles. The summed E-state index contributed by atoms with van der Waals surface area (Å²) in [6.45, 7) is 6.24. The van der Waals surface area contributed by atoms with Crippen LogP contribution in [-0.4, -0.2) is 23.4 Å². The third kappa shape index (κ3) is 2.45. The van der Waals surface area contributed by atoms with Crippen LogP contribution in [0.1, 0.15) is 52.9 Å². The van der Waals surface area contributed by atoms with Crippen LogP contribution in [0.2, 0.25) is 0 Å². The molecule has 1 saturated heterocycles. The molecule has 2 aliphatic rings. The summed E-state index contributed by atoms with van der Waals surface area (Å²) in [5.74, 6) is 1.46. The number of amides is 1. The van der Waals surface area contributed by atoms with Crippen molar-refractivity contribution in [3.63, 3.8) is 0 Å². The van der Waals surface area contributed by atoms with E-state index >= 15 is 0 Å². The Morgan fingerprint density at radius 2 is 2.29 bits per heavy atom. The van der Waals surface area contributed by atoms with Gasteiger partial charge in [-0.15, -0.1) is 0 Å². The molecule has 0 aromatic carbocycles. The zero-order valence-corrected chi connectivity index (χ0v) is 11.0. The fourth-order valence-electron chi connectivity index (χ4n) is 2.92. The van der Waals surface area contributed by atoms with Crippen molar-refractivity contribution in [1.82, 2.24) is 10.6 Å². The first kappa shape index (κ1) is 12.4. The van der Waals surface area contributed by atoms with Crippen LogP contribution in [-0.2, 0) is 4.79 Å². The van der Waals surface area contributed by atoms with Gasteiger partial charge in [0.1, 0.15) is 5.54 Å². The van der Waals surface area contributed by atoms with Gasteiger partial charge < -0.3 is 5.32 Å². The first-order chi connectivity index (χ1) is 8.05. The van der Waals surface area contributed by atoms with Gasteiger partial charge >= 0.3 is 0 Å². The third-order valence-corrected chi connectivity index (χ3v) is 3.84. The largest absolute Gasteiger partial charge is 0.342 e. The fraction of sp³-hybridized carbons (Fsp3) is 0.846. The molecule has 1 aliphatic carbocycles. The second kappa shape index (κ2) is 4.67. The maximum Gasteiger partial charge on any atom is 0.252 e. The highest BCUT2D eigenvalue weighted by molar-refractivity contribution is 6.09. The van der Waals surface area contributed by atoms with Gasteiger partial charge in [0, 0.05) is 6.04 Å². The van der Waals surface area contributed by atoms with Crippen LogP contribution in [0.25, 0.3) is 0 Å². The molecule has 0 aromatic heterocycles. The summed E-state index contributed by atoms with van der Waals surface area (Å²) in [5, 5.41) is 6.23. The van der Waals surface area contributed by atoms with Gasteiger partial charge in [-0.25, -0.2) is 0 Å². The van der Waals surface area contributed by atoms with Gasteiger partial charge in [0.05, 0.1) is 0 Å². The summed E-state index contributed by atoms with van der Waals surface area (Å²) in [7, 11) is 0. The molecule has 2 unspecified atom stereocenters. The Labute approximate surface area is 103 Å². The Bertz CT molecular complexity index is 338. The maximum absolute atomic E-state index is 12.2. The minimum atomic E-state index is -0.368. The van der Waals surface area contributed by atoms with E-state index in [1.165, 1.54) is 6.42 Å². The van der Waals surface area contributed by atoms with Crippen molar-refractivity contribution in [2.75, 3.05) is 0 Å². The number of rotatable bonds is 2. The molecule has 1 saturated carbocycles. The van der Waals surface area contributed by atoms with Gasteiger partial charge in [0.15, 0.2) is 5.96 Å². The first-order valence-electron chi connectivity index (χ1n) is 6.73. The molecule has 2 fully saturated rings. The van der Waals surface area contributed by atoms with Crippen LogP contribution in [0, 0.1) is 5.92 Å². The molecule has 1 aliphatic heterocycles. The number of aliphatic imine (C=N–C) groups is 1. The highest BCUT2D eigenvalue weighted by Crippen LogP contribution is 2.35. The molecule has 2 atom stereocenters. The molecule has 1 spiro atoms. The number of carbonyl (C=O) groups is 1. The molecular weight excluding hydrogens is 214 g/mol. The third-order valence-electron chi connectivity index (χ3n) is 3.84. The lowest BCUT2D eigenvalue weighted by Crippen LogP contribution is -2.50. The smallest absolute Gasteiger partial charge is 0.252 e. The normalized spacial score (nSPS) is 35.4. The molecule has 2 N–H and O–H groups in total. The summed E-state index contributed by atoms with van der Waals surface area (Å²) in [6, 6.07) is 0.207. The van der Waals surface area contributed by atoms with Crippen LogP contribution in [0.4, 0.5) is 0 Å². The lowest BCUT2D eigenvalue weighted by atomic mass is 9.75. The van der Waals surface area contributed by atoms with E-state index in [4.69, 9.17) is 0 Å². The van der Waals surface area contributed by atoms with Crippen molar-refractivity contribution < 1.29 is 4.79 Å². The predicted octanol–water partition coefficient (Wildman–Crippen LogP) is 1.81. The molecule has 1 amide bonds. The minimum absolute atomic E-state index is 0.120. The standard InChI is InChI=1S/C13H23N3O/c1-4-10-6-5-7-13(8-10)11(17)15-12(16-13)14-9(2)3/h9-10H,4-8H2,1-3H3,(H2,14,15,16,17). The minimum Gasteiger partial charge on any atom is -0.342 e. The second-order valence-corrected chi connectivity index (χ2v) is 5.60. The molecule has 96 valence electrons. The van der Waals surface area contributed by atoms with Crippen molar-refractivity contribution in [2.24, 2.45) is 10.9 Å². The molecule has 17 heavy (non-hydrogen) atoms. The van der Waals surface area contributed by atoms with Crippen molar-refractivity contribution in [2.45, 2.75) is 64.5 Å². The van der Waals surface area contributed by atoms with Crippen LogP contribution < -0.4 is 10.6 Å². The monoisotopic (exact) mass is 237 g/mol. The summed E-state index contributed by atoms with van der Waals surface area (Å²) in [4.78, 5) is 16.6. The van der Waals surface area contributed by atoms with Crippen LogP contribution in [0.3, 0.4) is 0 Å². The van der Waals surface area contributed by atoms with Crippen molar-refractivity contribution >= 4 is 11.9 Å². The van der Waals surface area contributed by atoms with E-state index in [0.29, 0.717) is 11.9 Å². The Balaban J connectivity index is 2.13. The van der Waals surface area contributed by atoms with E-state index in [1.807, 2.05) is 13.8 Å². The molecule has 0 radical (unpaired) electrons. The van der Waals surface area contributed by atoms with E-state index < -0.39 is 0 Å². The Kier molecular flexibility index (Phi) is 3.40. The van der Waals surface area contributed by atoms with Gasteiger partial charge in [0.2, 0.25) is 0 Å². The first-order valence-corrected chi connectivity index (χ1v) is 6.73. The zero-order valence-electron chi connectivity index (χ0n) is 11.0. The number of hydrogen-bond acceptors (Lipinski definition) is 2. The summed E-state index contributed by atoms with van der Waals surface area (Å²) >= 11 is 0. The van der Waals surface area contributed by atoms with Gasteiger partial charge in [-0.3, -0.25) is 15.1 Å². The van der Waals surface area contributed by atoms with Crippen molar-refractivity contribution in [1.29, 1.82) is 0 Å². The number of guanidine groups is 1. The number of carbonyl (C=O) groups excluding carboxylic acids is 1. The van der Waals surface area contributed by atoms with Gasteiger partial charge in [-0.2, -0.15) is 0 Å². The average molecular weight is 237 g/mol. The van der Waals surface area contributed by atoms with E-state index in [0.717, 1.165) is 25.7 Å². The SMILES string of the molecule is CCC1CCCC2(C1)NC(=NC(C)C)NC2=O. The maximum atomic E-state index is 12.2. The number of nitrogens with zero attached hydrogens (tertiary/aromatic N) is 1. The van der Waals surface area contributed by atoms with Gasteiger partial charge in [0.25, 0.3) is 5.91 Å². The van der Waals surface area contributed by atoms with Crippen molar-refractivity contribution in [3.8, 4) is 0 Å². The van der Waals surface area contributed by atoms with Crippen LogP contribution in [0.15, 0.2) is 4.99 Å². The topological polar surface area (TPSA) is 53.5 Å². The quantitative estimate of drug-likeness (QED) is 0.769. The zero-order chi connectivity index (χ0) is 12.5. The Morgan fingerprint density at radius 3 is 2.94 bits per heavy atom. The average Bonchev–Trinajstić information content (AvgIpc) is 2.54. The van der Waals surface area contributed by atoms with Crippen LogP contribution in [0.5, 0.6) is 0 Å². The molecule has 0 bridgehead atoms. The molecule has 2 rings (SSSR count). The highest BCUT2D eigenvalue weighted by atomic mass is 16.2. The van der Waals surface area contributed by atoms with E-state index in [2.05, 4.69) is 22.5 Å². The van der Waals surface area contributed by atoms with Crippen molar-refractivity contribution in [3.05, 3.63) is 0 Å². The molecule has 4 heteroatoms. The highest BCUT2D eigenvalue weighted by Gasteiger charge is 2.47. The number of hydrogen-bond donors (Lipinski definition) is 2. The summed E-state index contributed by atoms with van der Waals surface area (Å²) in [6.07, 6.45) is 5.43. The van der Waals surface area contributed by atoms with E-state index in [9.17, 15) is 4.79 Å². The predicted molar refractivity (Wildman–Crippen MR) is 68.8 cm³/mol. The lowest BCUT2D eigenvalue weighted by molar-refractivity contribution is -0.125. The summed E-state index contributed by atoms with van der Waals surface area (Å²) in [5.41, 5.74) is -0.368. The van der Waals surface area contributed by atoms with Crippen LogP contribution >= 0.6 is 0 Å². The van der Waals surface area contributed by atoms with E-state index in [-0.39, 0.29) is 17.5 Å². The molecular formula is C13H23N3O. The Morgan fingerprint density at radius 1 is 1.53 bits per heavy atom. The lowest BCUT2D eigenvalue weighted by Gasteiger charge is -2.35. The number of nitrogens with one attached hydrogen (secondary N) is 2. The second-order valence-electron chi connectivity index (χ2n) is 5.60. The van der Waals surface area contributed by atoms with Gasteiger partial charge in [-0.1, -0.05) is 26.2 Å². The van der Waals surface area contributed by atoms with E-state index in [1.54, 1.807) is 0 Å². The summed E-state index contributed by atoms with van der Waals surface area (Å²) < 4.78 is 0. The Hall–Kier alpha value is -1.06. The fourth-order valence-corrected chi connectivity index (χ4v) is 2.92.